The van der Waals surface area contributed by atoms with Crippen molar-refractivity contribution in [2.24, 2.45) is 0 Å². The van der Waals surface area contributed by atoms with Crippen LogP contribution in [0.1, 0.15) is 28.3 Å². The number of aryl methyl sites for hydroxylation is 1. The molecular formula is C22H18Cl2N4. The van der Waals surface area contributed by atoms with E-state index in [1.807, 2.05) is 22.7 Å². The Morgan fingerprint density at radius 3 is 2.79 bits per heavy atom. The van der Waals surface area contributed by atoms with Gasteiger partial charge < -0.3 is 5.32 Å². The molecule has 0 radical (unpaired) electrons. The van der Waals surface area contributed by atoms with E-state index in [9.17, 15) is 0 Å². The summed E-state index contributed by atoms with van der Waals surface area (Å²) in [6, 6.07) is 16.7. The van der Waals surface area contributed by atoms with Crippen molar-refractivity contribution in [2.45, 2.75) is 19.4 Å². The molecule has 2 aromatic heterocycles. The van der Waals surface area contributed by atoms with Crippen molar-refractivity contribution in [1.82, 2.24) is 19.9 Å². The molecule has 5 rings (SSSR count). The molecule has 4 aromatic rings. The molecule has 2 aromatic carbocycles. The predicted octanol–water partition coefficient (Wildman–Crippen LogP) is 5.25. The maximum Gasteiger partial charge on any atom is 0.155 e. The summed E-state index contributed by atoms with van der Waals surface area (Å²) in [5.41, 5.74) is 8.11. The minimum atomic E-state index is 0.256. The minimum Gasteiger partial charge on any atom is -0.312 e. The molecule has 3 heterocycles. The van der Waals surface area contributed by atoms with Crippen LogP contribution in [0.4, 0.5) is 0 Å². The van der Waals surface area contributed by atoms with Crippen LogP contribution in [0.3, 0.4) is 0 Å². The second-order valence-electron chi connectivity index (χ2n) is 7.13. The van der Waals surface area contributed by atoms with Crippen LogP contribution < -0.4 is 5.32 Å². The van der Waals surface area contributed by atoms with Gasteiger partial charge in [-0.3, -0.25) is 0 Å². The summed E-state index contributed by atoms with van der Waals surface area (Å²) in [5.74, 6) is 0.256. The van der Waals surface area contributed by atoms with Crippen LogP contribution in [-0.2, 0) is 6.54 Å². The van der Waals surface area contributed by atoms with Crippen LogP contribution in [0.25, 0.3) is 16.8 Å². The van der Waals surface area contributed by atoms with Gasteiger partial charge >= 0.3 is 0 Å². The number of benzene rings is 2. The standard InChI is InChI=1S/C22H18Cl2N4/c1-13-17(5-7-22-26-12-27-28(13)22)14-2-4-18-16(8-14)10-25-11-19(18)15-3-6-20(23)21(24)9-15/h2-9,12,19,25H,10-11H2,1H3. The van der Waals surface area contributed by atoms with E-state index in [1.165, 1.54) is 22.3 Å². The van der Waals surface area contributed by atoms with Gasteiger partial charge in [-0.25, -0.2) is 9.50 Å². The van der Waals surface area contributed by atoms with Crippen LogP contribution in [0, 0.1) is 6.92 Å². The number of hydrogen-bond acceptors (Lipinski definition) is 3. The highest BCUT2D eigenvalue weighted by Gasteiger charge is 2.23. The Morgan fingerprint density at radius 1 is 1.04 bits per heavy atom. The summed E-state index contributed by atoms with van der Waals surface area (Å²) in [4.78, 5) is 4.26. The van der Waals surface area contributed by atoms with E-state index < -0.39 is 0 Å². The van der Waals surface area contributed by atoms with E-state index in [1.54, 1.807) is 6.33 Å². The molecule has 1 aliphatic heterocycles. The van der Waals surface area contributed by atoms with E-state index in [0.717, 1.165) is 30.0 Å². The minimum absolute atomic E-state index is 0.256. The number of aromatic nitrogens is 3. The first-order valence-electron chi connectivity index (χ1n) is 9.20. The fourth-order valence-corrected chi connectivity index (χ4v) is 4.38. The van der Waals surface area contributed by atoms with Crippen LogP contribution in [0.2, 0.25) is 10.0 Å². The largest absolute Gasteiger partial charge is 0.312 e. The quantitative estimate of drug-likeness (QED) is 0.492. The van der Waals surface area contributed by atoms with Gasteiger partial charge in [-0.2, -0.15) is 5.10 Å². The highest BCUT2D eigenvalue weighted by atomic mass is 35.5. The molecule has 1 atom stereocenters. The Balaban J connectivity index is 1.58. The fourth-order valence-electron chi connectivity index (χ4n) is 4.07. The Kier molecular flexibility index (Phi) is 4.35. The molecule has 0 aliphatic carbocycles. The molecule has 0 saturated carbocycles. The lowest BCUT2D eigenvalue weighted by atomic mass is 9.84. The molecule has 6 heteroatoms. The Bertz CT molecular complexity index is 1200. The zero-order valence-electron chi connectivity index (χ0n) is 15.3. The van der Waals surface area contributed by atoms with Crippen LogP contribution in [0.5, 0.6) is 0 Å². The topological polar surface area (TPSA) is 42.2 Å². The van der Waals surface area contributed by atoms with E-state index in [0.29, 0.717) is 10.0 Å². The third kappa shape index (κ3) is 2.89. The van der Waals surface area contributed by atoms with Gasteiger partial charge in [0.05, 0.1) is 10.0 Å². The summed E-state index contributed by atoms with van der Waals surface area (Å²) in [6.45, 7) is 3.81. The van der Waals surface area contributed by atoms with Crippen molar-refractivity contribution in [2.75, 3.05) is 6.54 Å². The van der Waals surface area contributed by atoms with Gasteiger partial charge in [0.15, 0.2) is 5.65 Å². The third-order valence-electron chi connectivity index (χ3n) is 5.52. The van der Waals surface area contributed by atoms with E-state index in [4.69, 9.17) is 23.2 Å². The van der Waals surface area contributed by atoms with Gasteiger partial charge in [-0.05, 0) is 59.5 Å². The molecule has 4 nitrogen and oxygen atoms in total. The number of pyridine rings is 1. The summed E-state index contributed by atoms with van der Waals surface area (Å²) >= 11 is 12.4. The summed E-state index contributed by atoms with van der Waals surface area (Å²) < 4.78 is 1.88. The smallest absolute Gasteiger partial charge is 0.155 e. The van der Waals surface area contributed by atoms with Gasteiger partial charge in [-0.15, -0.1) is 0 Å². The van der Waals surface area contributed by atoms with E-state index >= 15 is 0 Å². The highest BCUT2D eigenvalue weighted by molar-refractivity contribution is 6.42. The van der Waals surface area contributed by atoms with Crippen molar-refractivity contribution in [3.63, 3.8) is 0 Å². The number of fused-ring (bicyclic) bond motifs is 2. The lowest BCUT2D eigenvalue weighted by molar-refractivity contribution is 0.591. The maximum absolute atomic E-state index is 6.26. The average Bonchev–Trinajstić information content (AvgIpc) is 3.19. The zero-order valence-corrected chi connectivity index (χ0v) is 16.8. The first kappa shape index (κ1) is 17.7. The Morgan fingerprint density at radius 2 is 1.93 bits per heavy atom. The zero-order chi connectivity index (χ0) is 19.3. The van der Waals surface area contributed by atoms with Crippen LogP contribution in [0.15, 0.2) is 54.9 Å². The van der Waals surface area contributed by atoms with Crippen molar-refractivity contribution in [3.8, 4) is 11.1 Å². The molecule has 0 amide bonds. The second kappa shape index (κ2) is 6.89. The summed E-state index contributed by atoms with van der Waals surface area (Å²) in [5, 5.41) is 9.05. The third-order valence-corrected chi connectivity index (χ3v) is 6.26. The molecule has 140 valence electrons. The van der Waals surface area contributed by atoms with Gasteiger partial charge in [-0.1, -0.05) is 41.4 Å². The average molecular weight is 409 g/mol. The molecule has 0 saturated heterocycles. The first-order valence-corrected chi connectivity index (χ1v) is 9.95. The van der Waals surface area contributed by atoms with Gasteiger partial charge in [0.1, 0.15) is 6.33 Å². The van der Waals surface area contributed by atoms with Crippen molar-refractivity contribution in [1.29, 1.82) is 0 Å². The van der Waals surface area contributed by atoms with Gasteiger partial charge in [0.25, 0.3) is 0 Å². The number of nitrogens with one attached hydrogen (secondary N) is 1. The molecule has 1 aliphatic rings. The lowest BCUT2D eigenvalue weighted by Gasteiger charge is -2.28. The molecule has 0 spiro atoms. The Hall–Kier alpha value is -2.40. The normalized spacial score (nSPS) is 16.3. The van der Waals surface area contributed by atoms with Crippen molar-refractivity contribution >= 4 is 28.8 Å². The SMILES string of the molecule is Cc1c(-c2ccc3c(c2)CNCC3c2ccc(Cl)c(Cl)c2)ccc2ncnn12. The number of halogens is 2. The highest BCUT2D eigenvalue weighted by Crippen LogP contribution is 2.35. The number of nitrogens with zero attached hydrogens (tertiary/aromatic N) is 3. The number of rotatable bonds is 2. The molecule has 1 N–H and O–H groups in total. The van der Waals surface area contributed by atoms with Gasteiger partial charge in [0.2, 0.25) is 0 Å². The number of hydrogen-bond donors (Lipinski definition) is 1. The monoisotopic (exact) mass is 408 g/mol. The second-order valence-corrected chi connectivity index (χ2v) is 7.95. The molecule has 0 bridgehead atoms. The van der Waals surface area contributed by atoms with Crippen molar-refractivity contribution in [3.05, 3.63) is 87.3 Å². The molecule has 28 heavy (non-hydrogen) atoms. The van der Waals surface area contributed by atoms with E-state index in [2.05, 4.69) is 52.7 Å². The molecule has 1 unspecified atom stereocenters. The van der Waals surface area contributed by atoms with Crippen LogP contribution >= 0.6 is 23.2 Å². The summed E-state index contributed by atoms with van der Waals surface area (Å²) in [7, 11) is 0. The maximum atomic E-state index is 6.26. The van der Waals surface area contributed by atoms with Gasteiger partial charge in [0, 0.05) is 30.3 Å². The van der Waals surface area contributed by atoms with E-state index in [-0.39, 0.29) is 5.92 Å². The molecule has 0 fully saturated rings. The summed E-state index contributed by atoms with van der Waals surface area (Å²) in [6.07, 6.45) is 1.59. The van der Waals surface area contributed by atoms with Crippen LogP contribution in [-0.4, -0.2) is 21.1 Å². The molecular weight excluding hydrogens is 391 g/mol. The fraction of sp³-hybridized carbons (Fsp3) is 0.182. The van der Waals surface area contributed by atoms with Crippen molar-refractivity contribution < 1.29 is 0 Å². The first-order chi connectivity index (χ1) is 13.6. The Labute approximate surface area is 173 Å². The lowest BCUT2D eigenvalue weighted by Crippen LogP contribution is -2.28. The predicted molar refractivity (Wildman–Crippen MR) is 113 cm³/mol.